The second-order valence-corrected chi connectivity index (χ2v) is 7.25. The number of ketones is 1. The van der Waals surface area contributed by atoms with Crippen molar-refractivity contribution in [3.05, 3.63) is 87.1 Å². The Morgan fingerprint density at radius 1 is 1.17 bits per heavy atom. The quantitative estimate of drug-likeness (QED) is 0.649. The molecule has 2 aromatic rings. The molecule has 29 heavy (non-hydrogen) atoms. The van der Waals surface area contributed by atoms with Gasteiger partial charge in [0.2, 0.25) is 0 Å². The number of amides is 1. The number of hydrogen-bond donors (Lipinski definition) is 1. The van der Waals surface area contributed by atoms with E-state index in [2.05, 4.69) is 0 Å². The van der Waals surface area contributed by atoms with Crippen LogP contribution in [0.4, 0.5) is 0 Å². The van der Waals surface area contributed by atoms with Crippen LogP contribution >= 0.6 is 23.2 Å². The van der Waals surface area contributed by atoms with Crippen molar-refractivity contribution >= 4 is 41.0 Å². The summed E-state index contributed by atoms with van der Waals surface area (Å²) in [6, 6.07) is 13.3. The first kappa shape index (κ1) is 21.1. The third-order valence-corrected chi connectivity index (χ3v) is 5.33. The molecule has 2 aromatic carbocycles. The zero-order valence-electron chi connectivity index (χ0n) is 15.6. The highest BCUT2D eigenvalue weighted by Gasteiger charge is 2.42. The summed E-state index contributed by atoms with van der Waals surface area (Å²) >= 11 is 12.2. The summed E-state index contributed by atoms with van der Waals surface area (Å²) in [6.45, 7) is 0.446. The lowest BCUT2D eigenvalue weighted by molar-refractivity contribution is -0.130. The van der Waals surface area contributed by atoms with Gasteiger partial charge < -0.3 is 14.7 Å². The lowest BCUT2D eigenvalue weighted by Gasteiger charge is -2.26. The Balaban J connectivity index is 2.00. The molecule has 0 saturated heterocycles. The smallest absolute Gasteiger partial charge is 0.290 e. The van der Waals surface area contributed by atoms with E-state index in [1.807, 2.05) is 30.3 Å². The molecule has 0 bridgehead atoms. The normalized spacial score (nSPS) is 16.9. The topological polar surface area (TPSA) is 66.8 Å². The Kier molecular flexibility index (Phi) is 6.75. The van der Waals surface area contributed by atoms with Gasteiger partial charge in [-0.2, -0.15) is 0 Å². The Hall–Kier alpha value is -2.60. The average molecular weight is 432 g/mol. The second kappa shape index (κ2) is 9.27. The number of aliphatic hydroxyl groups excluding tert-OH is 1. The van der Waals surface area contributed by atoms with Crippen LogP contribution in [0, 0.1) is 0 Å². The van der Waals surface area contributed by atoms with E-state index in [1.165, 1.54) is 18.1 Å². The van der Waals surface area contributed by atoms with E-state index in [9.17, 15) is 14.7 Å². The first-order valence-electron chi connectivity index (χ1n) is 8.89. The molecule has 0 radical (unpaired) electrons. The number of carbonyl (C=O) groups excluding carboxylic acids is 2. The van der Waals surface area contributed by atoms with E-state index in [4.69, 9.17) is 27.9 Å². The van der Waals surface area contributed by atoms with Crippen LogP contribution in [0.3, 0.4) is 0 Å². The van der Waals surface area contributed by atoms with Gasteiger partial charge in [0.05, 0.1) is 28.3 Å². The number of hydrogen-bond acceptors (Lipinski definition) is 4. The minimum atomic E-state index is -0.791. The van der Waals surface area contributed by atoms with Gasteiger partial charge in [-0.25, -0.2) is 0 Å². The molecule has 1 unspecified atom stereocenters. The third kappa shape index (κ3) is 4.53. The van der Waals surface area contributed by atoms with Gasteiger partial charge in [-0.05, 0) is 29.3 Å². The number of rotatable bonds is 7. The zero-order chi connectivity index (χ0) is 21.0. The summed E-state index contributed by atoms with van der Waals surface area (Å²) in [7, 11) is 1.51. The summed E-state index contributed by atoms with van der Waals surface area (Å²) in [4.78, 5) is 27.0. The number of methoxy groups -OCH3 is 1. The zero-order valence-corrected chi connectivity index (χ0v) is 17.2. The molecule has 0 aliphatic carbocycles. The van der Waals surface area contributed by atoms with E-state index in [-0.39, 0.29) is 18.7 Å². The molecule has 3 rings (SSSR count). The predicted octanol–water partition coefficient (Wildman–Crippen LogP) is 4.62. The summed E-state index contributed by atoms with van der Waals surface area (Å²) in [5.41, 5.74) is 1.40. The number of halogens is 2. The summed E-state index contributed by atoms with van der Waals surface area (Å²) in [6.07, 6.45) is 2.98. The van der Waals surface area contributed by atoms with Crippen LogP contribution in [0.2, 0.25) is 10.0 Å². The van der Waals surface area contributed by atoms with Crippen molar-refractivity contribution < 1.29 is 19.4 Å². The van der Waals surface area contributed by atoms with Gasteiger partial charge in [-0.1, -0.05) is 65.7 Å². The molecule has 0 aromatic heterocycles. The Labute approximate surface area is 178 Å². The first-order chi connectivity index (χ1) is 13.9. The highest BCUT2D eigenvalue weighted by atomic mass is 35.5. The molecular weight excluding hydrogens is 413 g/mol. The Morgan fingerprint density at radius 2 is 1.90 bits per heavy atom. The van der Waals surface area contributed by atoms with Crippen LogP contribution in [0.15, 0.2) is 65.9 Å². The molecule has 5 nitrogen and oxygen atoms in total. The second-order valence-electron chi connectivity index (χ2n) is 6.44. The van der Waals surface area contributed by atoms with E-state index in [0.717, 1.165) is 5.56 Å². The van der Waals surface area contributed by atoms with E-state index >= 15 is 0 Å². The number of ether oxygens (including phenoxy) is 1. The third-order valence-electron chi connectivity index (χ3n) is 4.59. The van der Waals surface area contributed by atoms with Crippen LogP contribution in [-0.4, -0.2) is 42.0 Å². The van der Waals surface area contributed by atoms with Gasteiger partial charge in [0, 0.05) is 13.7 Å². The maximum Gasteiger partial charge on any atom is 0.290 e. The van der Waals surface area contributed by atoms with Crippen molar-refractivity contribution in [2.24, 2.45) is 0 Å². The molecule has 1 aliphatic heterocycles. The summed E-state index contributed by atoms with van der Waals surface area (Å²) in [5, 5.41) is 11.1. The van der Waals surface area contributed by atoms with Crippen molar-refractivity contribution in [2.45, 2.75) is 6.04 Å². The lowest BCUT2D eigenvalue weighted by Crippen LogP contribution is -2.33. The van der Waals surface area contributed by atoms with E-state index in [1.54, 1.807) is 24.3 Å². The fourth-order valence-corrected chi connectivity index (χ4v) is 3.49. The minimum Gasteiger partial charge on any atom is -0.503 e. The fourth-order valence-electron chi connectivity index (χ4n) is 3.18. The molecule has 0 fully saturated rings. The predicted molar refractivity (Wildman–Crippen MR) is 113 cm³/mol. The maximum absolute atomic E-state index is 13.0. The van der Waals surface area contributed by atoms with E-state index in [0.29, 0.717) is 15.6 Å². The number of benzene rings is 2. The van der Waals surface area contributed by atoms with Crippen molar-refractivity contribution in [3.63, 3.8) is 0 Å². The van der Waals surface area contributed by atoms with Gasteiger partial charge in [0.1, 0.15) is 0 Å². The Morgan fingerprint density at radius 3 is 2.55 bits per heavy atom. The molecule has 1 heterocycles. The van der Waals surface area contributed by atoms with Crippen LogP contribution in [0.25, 0.3) is 6.08 Å². The van der Waals surface area contributed by atoms with Gasteiger partial charge in [0.15, 0.2) is 11.5 Å². The molecule has 7 heteroatoms. The van der Waals surface area contributed by atoms with Gasteiger partial charge in [-0.3, -0.25) is 9.59 Å². The average Bonchev–Trinajstić information content (AvgIpc) is 2.98. The number of nitrogens with zero attached hydrogens (tertiary/aromatic N) is 1. The fraction of sp³-hybridized carbons (Fsp3) is 0.182. The highest BCUT2D eigenvalue weighted by Crippen LogP contribution is 2.39. The van der Waals surface area contributed by atoms with Crippen LogP contribution < -0.4 is 0 Å². The SMILES string of the molecule is COCCN1C(=O)C(O)=C(C(=O)/C=C/c2ccccc2)C1c1ccc(Cl)c(Cl)c1. The van der Waals surface area contributed by atoms with Crippen LogP contribution in [0.1, 0.15) is 17.2 Å². The molecule has 1 amide bonds. The van der Waals surface area contributed by atoms with E-state index < -0.39 is 23.5 Å². The molecule has 1 aliphatic rings. The maximum atomic E-state index is 13.0. The Bertz CT molecular complexity index is 986. The largest absolute Gasteiger partial charge is 0.503 e. The first-order valence-corrected chi connectivity index (χ1v) is 9.65. The van der Waals surface area contributed by atoms with Crippen LogP contribution in [-0.2, 0) is 14.3 Å². The standard InChI is InChI=1S/C22H19Cl2NO4/c1-29-12-11-25-20(15-8-9-16(23)17(24)13-15)19(21(27)22(25)28)18(26)10-7-14-5-3-2-4-6-14/h2-10,13,20,27H,11-12H2,1H3/b10-7+. The van der Waals surface area contributed by atoms with Crippen molar-refractivity contribution in [3.8, 4) is 0 Å². The monoisotopic (exact) mass is 431 g/mol. The minimum absolute atomic E-state index is 0.00308. The molecule has 150 valence electrons. The number of allylic oxidation sites excluding steroid dienone is 1. The van der Waals surface area contributed by atoms with Crippen molar-refractivity contribution in [1.29, 1.82) is 0 Å². The van der Waals surface area contributed by atoms with Crippen molar-refractivity contribution in [2.75, 3.05) is 20.3 Å². The lowest BCUT2D eigenvalue weighted by atomic mass is 9.95. The number of aliphatic hydroxyl groups is 1. The number of carbonyl (C=O) groups is 2. The molecule has 0 saturated carbocycles. The van der Waals surface area contributed by atoms with Crippen molar-refractivity contribution in [1.82, 2.24) is 4.90 Å². The van der Waals surface area contributed by atoms with Gasteiger partial charge in [-0.15, -0.1) is 0 Å². The van der Waals surface area contributed by atoms with Crippen LogP contribution in [0.5, 0.6) is 0 Å². The molecular formula is C22H19Cl2NO4. The van der Waals surface area contributed by atoms with Gasteiger partial charge in [0.25, 0.3) is 5.91 Å². The molecule has 1 N–H and O–H groups in total. The summed E-state index contributed by atoms with van der Waals surface area (Å²) < 4.78 is 5.08. The highest BCUT2D eigenvalue weighted by molar-refractivity contribution is 6.42. The molecule has 0 spiro atoms. The molecule has 1 atom stereocenters. The van der Waals surface area contributed by atoms with Gasteiger partial charge >= 0.3 is 0 Å². The summed E-state index contributed by atoms with van der Waals surface area (Å²) in [5.74, 6) is -1.66.